The SMILES string of the molecule is C=Cc1ccc(Cn2nc(-c3ccc(C)cc3)c(Br)c2-c2ccc(C)cc2)cc1. The Labute approximate surface area is 180 Å². The molecule has 0 aliphatic carbocycles. The molecule has 4 aromatic rings. The third kappa shape index (κ3) is 4.10. The highest BCUT2D eigenvalue weighted by Gasteiger charge is 2.19. The highest BCUT2D eigenvalue weighted by atomic mass is 79.9. The summed E-state index contributed by atoms with van der Waals surface area (Å²) in [5.74, 6) is 0. The maximum atomic E-state index is 5.00. The molecule has 0 saturated heterocycles. The molecule has 0 radical (unpaired) electrons. The first-order chi connectivity index (χ1) is 14.0. The van der Waals surface area contributed by atoms with Crippen LogP contribution < -0.4 is 0 Å². The fourth-order valence-corrected chi connectivity index (χ4v) is 4.11. The minimum Gasteiger partial charge on any atom is -0.259 e. The van der Waals surface area contributed by atoms with Gasteiger partial charge in [0, 0.05) is 11.1 Å². The van der Waals surface area contributed by atoms with Crippen LogP contribution in [-0.2, 0) is 6.54 Å². The lowest BCUT2D eigenvalue weighted by Gasteiger charge is -2.09. The van der Waals surface area contributed by atoms with E-state index in [0.29, 0.717) is 6.54 Å². The van der Waals surface area contributed by atoms with Gasteiger partial charge in [-0.1, -0.05) is 96.6 Å². The minimum absolute atomic E-state index is 0.699. The van der Waals surface area contributed by atoms with E-state index in [-0.39, 0.29) is 0 Å². The minimum atomic E-state index is 0.699. The molecule has 0 saturated carbocycles. The molecule has 0 fully saturated rings. The summed E-state index contributed by atoms with van der Waals surface area (Å²) in [7, 11) is 0. The molecular weight excluding hydrogens is 420 g/mol. The maximum absolute atomic E-state index is 5.00. The van der Waals surface area contributed by atoms with E-state index in [4.69, 9.17) is 5.10 Å². The van der Waals surface area contributed by atoms with Crippen LogP contribution in [0.2, 0.25) is 0 Å². The Morgan fingerprint density at radius 2 is 1.38 bits per heavy atom. The van der Waals surface area contributed by atoms with E-state index >= 15 is 0 Å². The standard InChI is InChI=1S/C26H23BrN2/c1-4-20-9-11-21(12-10-20)17-29-26(23-15-7-19(3)8-16-23)24(27)25(28-29)22-13-5-18(2)6-14-22/h4-16H,1,17H2,2-3H3. The van der Waals surface area contributed by atoms with E-state index in [9.17, 15) is 0 Å². The molecule has 1 aromatic heterocycles. The van der Waals surface area contributed by atoms with Gasteiger partial charge < -0.3 is 0 Å². The smallest absolute Gasteiger partial charge is 0.107 e. The molecule has 3 heteroatoms. The van der Waals surface area contributed by atoms with Crippen molar-refractivity contribution in [2.75, 3.05) is 0 Å². The molecule has 0 aliphatic heterocycles. The number of hydrogen-bond acceptors (Lipinski definition) is 1. The zero-order chi connectivity index (χ0) is 20.4. The quantitative estimate of drug-likeness (QED) is 0.317. The van der Waals surface area contributed by atoms with E-state index in [1.165, 1.54) is 16.7 Å². The van der Waals surface area contributed by atoms with Crippen LogP contribution in [0.15, 0.2) is 83.8 Å². The second-order valence-corrected chi connectivity index (χ2v) is 8.14. The number of aromatic nitrogens is 2. The number of nitrogens with zero attached hydrogens (tertiary/aromatic N) is 2. The highest BCUT2D eigenvalue weighted by molar-refractivity contribution is 9.10. The average molecular weight is 443 g/mol. The molecule has 0 amide bonds. The molecule has 0 N–H and O–H groups in total. The van der Waals surface area contributed by atoms with Gasteiger partial charge in [0.05, 0.1) is 16.7 Å². The largest absolute Gasteiger partial charge is 0.259 e. The maximum Gasteiger partial charge on any atom is 0.107 e. The lowest BCUT2D eigenvalue weighted by molar-refractivity contribution is 0.696. The van der Waals surface area contributed by atoms with Gasteiger partial charge in [0.15, 0.2) is 0 Å². The van der Waals surface area contributed by atoms with Crippen molar-refractivity contribution in [1.29, 1.82) is 0 Å². The molecule has 0 spiro atoms. The summed E-state index contributed by atoms with van der Waals surface area (Å²) in [6.07, 6.45) is 1.86. The Hall–Kier alpha value is -2.91. The summed E-state index contributed by atoms with van der Waals surface area (Å²) in [4.78, 5) is 0. The van der Waals surface area contributed by atoms with E-state index in [1.807, 2.05) is 6.08 Å². The Morgan fingerprint density at radius 1 is 0.828 bits per heavy atom. The van der Waals surface area contributed by atoms with Gasteiger partial charge >= 0.3 is 0 Å². The van der Waals surface area contributed by atoms with Crippen LogP contribution in [0.3, 0.4) is 0 Å². The van der Waals surface area contributed by atoms with E-state index in [0.717, 1.165) is 32.6 Å². The lowest BCUT2D eigenvalue weighted by atomic mass is 10.1. The Kier molecular flexibility index (Phi) is 5.50. The van der Waals surface area contributed by atoms with E-state index in [1.54, 1.807) is 0 Å². The first kappa shape index (κ1) is 19.4. The molecule has 144 valence electrons. The zero-order valence-electron chi connectivity index (χ0n) is 16.7. The van der Waals surface area contributed by atoms with Crippen LogP contribution in [0, 0.1) is 13.8 Å². The normalized spacial score (nSPS) is 10.9. The Bertz CT molecular complexity index is 1140. The highest BCUT2D eigenvalue weighted by Crippen LogP contribution is 2.37. The first-order valence-electron chi connectivity index (χ1n) is 9.67. The molecule has 0 bridgehead atoms. The number of hydrogen-bond donors (Lipinski definition) is 0. The van der Waals surface area contributed by atoms with Crippen LogP contribution in [0.25, 0.3) is 28.6 Å². The van der Waals surface area contributed by atoms with Crippen molar-refractivity contribution in [2.24, 2.45) is 0 Å². The van der Waals surface area contributed by atoms with Crippen molar-refractivity contribution < 1.29 is 0 Å². The Balaban J connectivity index is 1.82. The van der Waals surface area contributed by atoms with Gasteiger partial charge in [-0.15, -0.1) is 0 Å². The van der Waals surface area contributed by atoms with Gasteiger partial charge in [-0.25, -0.2) is 0 Å². The summed E-state index contributed by atoms with van der Waals surface area (Å²) in [6.45, 7) is 8.74. The van der Waals surface area contributed by atoms with Crippen LogP contribution in [0.1, 0.15) is 22.3 Å². The van der Waals surface area contributed by atoms with Crippen LogP contribution in [0.4, 0.5) is 0 Å². The lowest BCUT2D eigenvalue weighted by Crippen LogP contribution is -2.04. The van der Waals surface area contributed by atoms with Crippen molar-refractivity contribution in [3.8, 4) is 22.5 Å². The summed E-state index contributed by atoms with van der Waals surface area (Å²) in [6, 6.07) is 25.6. The molecule has 29 heavy (non-hydrogen) atoms. The number of aryl methyl sites for hydroxylation is 2. The third-order valence-electron chi connectivity index (χ3n) is 5.09. The Morgan fingerprint density at radius 3 is 1.93 bits per heavy atom. The van der Waals surface area contributed by atoms with Gasteiger partial charge in [0.1, 0.15) is 5.69 Å². The second kappa shape index (κ2) is 8.22. The third-order valence-corrected chi connectivity index (χ3v) is 5.84. The predicted octanol–water partition coefficient (Wildman–Crippen LogP) is 7.29. The average Bonchev–Trinajstić information content (AvgIpc) is 3.06. The fourth-order valence-electron chi connectivity index (χ4n) is 3.37. The van der Waals surface area contributed by atoms with Crippen molar-refractivity contribution in [2.45, 2.75) is 20.4 Å². The molecule has 2 nitrogen and oxygen atoms in total. The number of rotatable bonds is 5. The predicted molar refractivity (Wildman–Crippen MR) is 126 cm³/mol. The topological polar surface area (TPSA) is 17.8 Å². The summed E-state index contributed by atoms with van der Waals surface area (Å²) < 4.78 is 3.11. The molecule has 3 aromatic carbocycles. The zero-order valence-corrected chi connectivity index (χ0v) is 18.3. The van der Waals surface area contributed by atoms with Gasteiger partial charge in [-0.05, 0) is 40.9 Å². The molecule has 0 unspecified atom stereocenters. The van der Waals surface area contributed by atoms with Crippen LogP contribution in [0.5, 0.6) is 0 Å². The summed E-state index contributed by atoms with van der Waals surface area (Å²) >= 11 is 3.85. The monoisotopic (exact) mass is 442 g/mol. The van der Waals surface area contributed by atoms with Crippen molar-refractivity contribution in [3.05, 3.63) is 106 Å². The number of halogens is 1. The molecule has 4 rings (SSSR count). The fraction of sp³-hybridized carbons (Fsp3) is 0.115. The van der Waals surface area contributed by atoms with E-state index < -0.39 is 0 Å². The molecule has 0 aliphatic rings. The first-order valence-corrected chi connectivity index (χ1v) is 10.5. The molecular formula is C26H23BrN2. The molecule has 1 heterocycles. The second-order valence-electron chi connectivity index (χ2n) is 7.35. The summed E-state index contributed by atoms with van der Waals surface area (Å²) in [5.41, 5.74) is 9.12. The van der Waals surface area contributed by atoms with Gasteiger partial charge in [0.25, 0.3) is 0 Å². The van der Waals surface area contributed by atoms with Crippen molar-refractivity contribution in [1.82, 2.24) is 9.78 Å². The summed E-state index contributed by atoms with van der Waals surface area (Å²) in [5, 5.41) is 5.00. The van der Waals surface area contributed by atoms with Crippen LogP contribution >= 0.6 is 15.9 Å². The van der Waals surface area contributed by atoms with Gasteiger partial charge in [0.2, 0.25) is 0 Å². The molecule has 0 atom stereocenters. The van der Waals surface area contributed by atoms with Crippen molar-refractivity contribution >= 4 is 22.0 Å². The van der Waals surface area contributed by atoms with E-state index in [2.05, 4.69) is 114 Å². The van der Waals surface area contributed by atoms with Gasteiger partial charge in [-0.3, -0.25) is 4.68 Å². The van der Waals surface area contributed by atoms with Crippen LogP contribution in [-0.4, -0.2) is 9.78 Å². The van der Waals surface area contributed by atoms with Crippen molar-refractivity contribution in [3.63, 3.8) is 0 Å². The van der Waals surface area contributed by atoms with Gasteiger partial charge in [-0.2, -0.15) is 5.10 Å². The number of benzene rings is 3.